The highest BCUT2D eigenvalue weighted by molar-refractivity contribution is 5.40. The first-order valence-corrected chi connectivity index (χ1v) is 7.15. The molecular weight excluding hydrogens is 248 g/mol. The molecule has 1 N–H and O–H groups in total. The Hall–Kier alpha value is -1.87. The van der Waals surface area contributed by atoms with Gasteiger partial charge in [-0.1, -0.05) is 18.2 Å². The molecule has 0 bridgehead atoms. The minimum absolute atomic E-state index is 0.683. The number of benzene rings is 1. The Morgan fingerprint density at radius 2 is 2.00 bits per heavy atom. The molecule has 1 aliphatic rings. The zero-order chi connectivity index (χ0) is 13.9. The van der Waals surface area contributed by atoms with Crippen LogP contribution in [0.4, 0.5) is 0 Å². The molecule has 1 aliphatic carbocycles. The molecule has 0 spiro atoms. The van der Waals surface area contributed by atoms with E-state index >= 15 is 0 Å². The summed E-state index contributed by atoms with van der Waals surface area (Å²) in [5.41, 5.74) is 3.23. The lowest BCUT2D eigenvalue weighted by atomic mass is 10.2. The van der Waals surface area contributed by atoms with Crippen molar-refractivity contribution in [2.45, 2.75) is 39.3 Å². The van der Waals surface area contributed by atoms with Gasteiger partial charge in [-0.25, -0.2) is 0 Å². The Labute approximate surface area is 120 Å². The van der Waals surface area contributed by atoms with E-state index in [0.29, 0.717) is 6.04 Å². The maximum Gasteiger partial charge on any atom is 0.135 e. The van der Waals surface area contributed by atoms with Gasteiger partial charge in [0, 0.05) is 36.1 Å². The predicted octanol–water partition coefficient (Wildman–Crippen LogP) is 3.74. The van der Waals surface area contributed by atoms with Crippen molar-refractivity contribution in [1.82, 2.24) is 10.3 Å². The Kier molecular flexibility index (Phi) is 3.70. The van der Waals surface area contributed by atoms with Gasteiger partial charge < -0.3 is 10.1 Å². The maximum absolute atomic E-state index is 6.09. The molecule has 1 aromatic carbocycles. The zero-order valence-corrected chi connectivity index (χ0v) is 12.0. The van der Waals surface area contributed by atoms with Crippen molar-refractivity contribution in [2.75, 3.05) is 0 Å². The smallest absolute Gasteiger partial charge is 0.135 e. The van der Waals surface area contributed by atoms with E-state index in [-0.39, 0.29) is 0 Å². The van der Waals surface area contributed by atoms with Gasteiger partial charge in [0.1, 0.15) is 11.5 Å². The number of para-hydroxylation sites is 1. The second kappa shape index (κ2) is 5.63. The summed E-state index contributed by atoms with van der Waals surface area (Å²) in [5.74, 6) is 1.81. The number of pyridine rings is 1. The molecule has 1 fully saturated rings. The maximum atomic E-state index is 6.09. The van der Waals surface area contributed by atoms with Crippen LogP contribution in [-0.4, -0.2) is 11.0 Å². The number of nitrogens with one attached hydrogen (secondary N) is 1. The summed E-state index contributed by atoms with van der Waals surface area (Å²) in [6, 6.07) is 10.8. The third kappa shape index (κ3) is 3.17. The fraction of sp³-hybridized carbons (Fsp3) is 0.353. The highest BCUT2D eigenvalue weighted by Crippen LogP contribution is 2.28. The lowest BCUT2D eigenvalue weighted by Gasteiger charge is -2.13. The first kappa shape index (κ1) is 13.1. The molecule has 1 heterocycles. The van der Waals surface area contributed by atoms with Crippen LogP contribution in [0.15, 0.2) is 36.5 Å². The molecule has 1 aromatic heterocycles. The van der Waals surface area contributed by atoms with Gasteiger partial charge in [0.15, 0.2) is 0 Å². The van der Waals surface area contributed by atoms with Crippen molar-refractivity contribution < 1.29 is 4.74 Å². The predicted molar refractivity (Wildman–Crippen MR) is 80.1 cm³/mol. The Morgan fingerprint density at radius 1 is 1.20 bits per heavy atom. The summed E-state index contributed by atoms with van der Waals surface area (Å²) in [7, 11) is 0. The molecule has 0 atom stereocenters. The number of hydrogen-bond acceptors (Lipinski definition) is 3. The molecule has 1 saturated carbocycles. The van der Waals surface area contributed by atoms with Crippen molar-refractivity contribution >= 4 is 0 Å². The second-order valence-electron chi connectivity index (χ2n) is 5.46. The van der Waals surface area contributed by atoms with E-state index in [0.717, 1.165) is 34.9 Å². The number of aromatic nitrogens is 1. The van der Waals surface area contributed by atoms with E-state index in [9.17, 15) is 0 Å². The van der Waals surface area contributed by atoms with Crippen LogP contribution in [0.3, 0.4) is 0 Å². The summed E-state index contributed by atoms with van der Waals surface area (Å²) in [4.78, 5) is 4.38. The van der Waals surface area contributed by atoms with Crippen molar-refractivity contribution in [3.05, 3.63) is 53.3 Å². The van der Waals surface area contributed by atoms with E-state index in [1.54, 1.807) is 0 Å². The summed E-state index contributed by atoms with van der Waals surface area (Å²) in [6.07, 6.45) is 4.48. The van der Waals surface area contributed by atoms with Gasteiger partial charge in [-0.05, 0) is 38.3 Å². The minimum Gasteiger partial charge on any atom is -0.457 e. The largest absolute Gasteiger partial charge is 0.457 e. The lowest BCUT2D eigenvalue weighted by molar-refractivity contribution is 0.467. The van der Waals surface area contributed by atoms with Gasteiger partial charge in [0.2, 0.25) is 0 Å². The van der Waals surface area contributed by atoms with E-state index in [4.69, 9.17) is 4.74 Å². The fourth-order valence-electron chi connectivity index (χ4n) is 2.12. The Morgan fingerprint density at radius 3 is 2.75 bits per heavy atom. The number of ether oxygens (including phenoxy) is 1. The van der Waals surface area contributed by atoms with Crippen LogP contribution in [0.2, 0.25) is 0 Å². The molecule has 104 valence electrons. The Bertz CT molecular complexity index is 606. The summed E-state index contributed by atoms with van der Waals surface area (Å²) in [6.45, 7) is 4.87. The first-order chi connectivity index (χ1) is 9.72. The number of nitrogens with zero attached hydrogens (tertiary/aromatic N) is 1. The van der Waals surface area contributed by atoms with E-state index < -0.39 is 0 Å². The van der Waals surface area contributed by atoms with Crippen LogP contribution in [0, 0.1) is 13.8 Å². The number of aryl methyl sites for hydroxylation is 2. The molecule has 3 rings (SSSR count). The zero-order valence-electron chi connectivity index (χ0n) is 12.0. The highest BCUT2D eigenvalue weighted by atomic mass is 16.5. The van der Waals surface area contributed by atoms with E-state index in [1.165, 1.54) is 12.8 Å². The third-order valence-electron chi connectivity index (χ3n) is 3.55. The lowest BCUT2D eigenvalue weighted by Crippen LogP contribution is -2.16. The molecule has 3 heteroatoms. The summed E-state index contributed by atoms with van der Waals surface area (Å²) < 4.78 is 6.09. The van der Waals surface area contributed by atoms with Crippen molar-refractivity contribution in [3.8, 4) is 11.5 Å². The minimum atomic E-state index is 0.683. The molecule has 0 aliphatic heterocycles. The molecule has 0 saturated heterocycles. The van der Waals surface area contributed by atoms with Crippen molar-refractivity contribution in [1.29, 1.82) is 0 Å². The van der Waals surface area contributed by atoms with E-state index in [1.807, 2.05) is 37.4 Å². The normalized spacial score (nSPS) is 14.3. The summed E-state index contributed by atoms with van der Waals surface area (Å²) >= 11 is 0. The monoisotopic (exact) mass is 268 g/mol. The average Bonchev–Trinajstić information content (AvgIpc) is 3.25. The van der Waals surface area contributed by atoms with Crippen molar-refractivity contribution in [3.63, 3.8) is 0 Å². The molecule has 0 unspecified atom stereocenters. The van der Waals surface area contributed by atoms with Crippen LogP contribution in [0.1, 0.15) is 29.7 Å². The molecule has 2 aromatic rings. The number of rotatable bonds is 5. The molecule has 3 nitrogen and oxygen atoms in total. The van der Waals surface area contributed by atoms with Crippen molar-refractivity contribution in [2.24, 2.45) is 0 Å². The van der Waals surface area contributed by atoms with Gasteiger partial charge in [0.25, 0.3) is 0 Å². The Balaban J connectivity index is 1.82. The van der Waals surface area contributed by atoms with Crippen LogP contribution >= 0.6 is 0 Å². The van der Waals surface area contributed by atoms with Crippen LogP contribution in [-0.2, 0) is 6.54 Å². The molecule has 0 radical (unpaired) electrons. The summed E-state index contributed by atoms with van der Waals surface area (Å²) in [5, 5.41) is 3.51. The highest BCUT2D eigenvalue weighted by Gasteiger charge is 2.20. The fourth-order valence-corrected chi connectivity index (χ4v) is 2.12. The molecular formula is C17H20N2O. The topological polar surface area (TPSA) is 34.1 Å². The molecule has 0 amide bonds. The van der Waals surface area contributed by atoms with Gasteiger partial charge in [-0.3, -0.25) is 4.98 Å². The van der Waals surface area contributed by atoms with Crippen LogP contribution < -0.4 is 10.1 Å². The van der Waals surface area contributed by atoms with Gasteiger partial charge in [0.05, 0.1) is 0 Å². The van der Waals surface area contributed by atoms with Gasteiger partial charge >= 0.3 is 0 Å². The second-order valence-corrected chi connectivity index (χ2v) is 5.46. The van der Waals surface area contributed by atoms with Gasteiger partial charge in [-0.2, -0.15) is 0 Å². The SMILES string of the molecule is Cc1cc(Oc2ccccc2C)c(CNC2CC2)cn1. The average molecular weight is 268 g/mol. The van der Waals surface area contributed by atoms with Crippen LogP contribution in [0.25, 0.3) is 0 Å². The first-order valence-electron chi connectivity index (χ1n) is 7.15. The number of hydrogen-bond donors (Lipinski definition) is 1. The van der Waals surface area contributed by atoms with Gasteiger partial charge in [-0.15, -0.1) is 0 Å². The molecule has 20 heavy (non-hydrogen) atoms. The quantitative estimate of drug-likeness (QED) is 0.897. The van der Waals surface area contributed by atoms with E-state index in [2.05, 4.69) is 23.3 Å². The third-order valence-corrected chi connectivity index (χ3v) is 3.55. The van der Waals surface area contributed by atoms with Crippen LogP contribution in [0.5, 0.6) is 11.5 Å². The standard InChI is InChI=1S/C17H20N2O/c1-12-5-3-4-6-16(12)20-17-9-13(2)18-10-14(17)11-19-15-7-8-15/h3-6,9-10,15,19H,7-8,11H2,1-2H3.